The summed E-state index contributed by atoms with van der Waals surface area (Å²) < 4.78 is 5.26. The van der Waals surface area contributed by atoms with E-state index < -0.39 is 5.97 Å². The first-order valence-electron chi connectivity index (χ1n) is 6.33. The van der Waals surface area contributed by atoms with Crippen molar-refractivity contribution in [3.05, 3.63) is 0 Å². The van der Waals surface area contributed by atoms with Crippen LogP contribution in [0.3, 0.4) is 0 Å². The quantitative estimate of drug-likeness (QED) is 0.773. The molecule has 0 spiro atoms. The average molecular weight is 258 g/mol. The average Bonchev–Trinajstić information content (AvgIpc) is 2.28. The van der Waals surface area contributed by atoms with Crippen molar-refractivity contribution in [3.8, 4) is 0 Å². The van der Waals surface area contributed by atoms with Crippen molar-refractivity contribution in [2.45, 2.75) is 38.6 Å². The summed E-state index contributed by atoms with van der Waals surface area (Å²) in [6.07, 6.45) is 2.25. The predicted octanol–water partition coefficient (Wildman–Crippen LogP) is 1.06. The van der Waals surface area contributed by atoms with Crippen LogP contribution in [0.4, 0.5) is 4.79 Å². The van der Waals surface area contributed by atoms with E-state index in [-0.39, 0.29) is 18.1 Å². The molecule has 0 aromatic rings. The van der Waals surface area contributed by atoms with Gasteiger partial charge in [-0.25, -0.2) is 4.79 Å². The largest absolute Gasteiger partial charge is 0.480 e. The molecule has 0 radical (unpaired) electrons. The molecule has 104 valence electrons. The molecule has 0 aromatic heterocycles. The molecule has 6 nitrogen and oxygen atoms in total. The van der Waals surface area contributed by atoms with Gasteiger partial charge in [0.15, 0.2) is 0 Å². The zero-order valence-corrected chi connectivity index (χ0v) is 11.1. The Morgan fingerprint density at radius 2 is 2.00 bits per heavy atom. The number of carbonyl (C=O) groups excluding carboxylic acids is 1. The molecule has 1 fully saturated rings. The van der Waals surface area contributed by atoms with Gasteiger partial charge in [-0.15, -0.1) is 0 Å². The Hall–Kier alpha value is -1.30. The van der Waals surface area contributed by atoms with Gasteiger partial charge < -0.3 is 20.1 Å². The van der Waals surface area contributed by atoms with Crippen molar-refractivity contribution in [1.82, 2.24) is 10.2 Å². The minimum Gasteiger partial charge on any atom is -0.480 e. The number of amides is 2. The second-order valence-corrected chi connectivity index (χ2v) is 4.92. The van der Waals surface area contributed by atoms with Gasteiger partial charge in [0.1, 0.15) is 6.54 Å². The fraction of sp³-hybridized carbons (Fsp3) is 0.833. The zero-order valence-electron chi connectivity index (χ0n) is 11.1. The highest BCUT2D eigenvalue weighted by atomic mass is 16.5. The lowest BCUT2D eigenvalue weighted by atomic mass is 9.93. The third-order valence-electron chi connectivity index (χ3n) is 3.11. The van der Waals surface area contributed by atoms with E-state index in [9.17, 15) is 9.59 Å². The van der Waals surface area contributed by atoms with Crippen molar-refractivity contribution < 1.29 is 19.4 Å². The van der Waals surface area contributed by atoms with Crippen LogP contribution in [0.15, 0.2) is 0 Å². The Morgan fingerprint density at radius 3 is 2.50 bits per heavy atom. The first-order chi connectivity index (χ1) is 8.47. The Morgan fingerprint density at radius 1 is 1.39 bits per heavy atom. The summed E-state index contributed by atoms with van der Waals surface area (Å²) in [5, 5.41) is 11.7. The molecule has 0 saturated carbocycles. The number of nitrogens with one attached hydrogen (secondary N) is 1. The molecule has 0 aliphatic carbocycles. The molecular weight excluding hydrogens is 236 g/mol. The van der Waals surface area contributed by atoms with E-state index in [1.165, 1.54) is 4.90 Å². The lowest BCUT2D eigenvalue weighted by Crippen LogP contribution is -2.54. The SMILES string of the molecule is CCCN(CC(=O)O)C(=O)NC1(C)CCOCC1. The highest BCUT2D eigenvalue weighted by Crippen LogP contribution is 2.19. The fourth-order valence-corrected chi connectivity index (χ4v) is 1.97. The van der Waals surface area contributed by atoms with E-state index in [4.69, 9.17) is 9.84 Å². The maximum absolute atomic E-state index is 12.1. The Balaban J connectivity index is 2.56. The Labute approximate surface area is 107 Å². The molecule has 0 atom stereocenters. The lowest BCUT2D eigenvalue weighted by Gasteiger charge is -2.36. The number of aliphatic carboxylic acids is 1. The summed E-state index contributed by atoms with van der Waals surface area (Å²) in [5.41, 5.74) is -0.292. The van der Waals surface area contributed by atoms with Gasteiger partial charge in [0.2, 0.25) is 0 Å². The molecule has 6 heteroatoms. The number of rotatable bonds is 5. The number of carbonyl (C=O) groups is 2. The summed E-state index contributed by atoms with van der Waals surface area (Å²) >= 11 is 0. The van der Waals surface area contributed by atoms with Gasteiger partial charge in [-0.3, -0.25) is 4.79 Å². The summed E-state index contributed by atoms with van der Waals surface area (Å²) in [7, 11) is 0. The molecule has 0 unspecified atom stereocenters. The zero-order chi connectivity index (χ0) is 13.6. The second kappa shape index (κ2) is 6.58. The maximum atomic E-state index is 12.1. The fourth-order valence-electron chi connectivity index (χ4n) is 1.97. The van der Waals surface area contributed by atoms with Crippen LogP contribution >= 0.6 is 0 Å². The molecule has 0 bridgehead atoms. The number of ether oxygens (including phenoxy) is 1. The minimum atomic E-state index is -0.990. The highest BCUT2D eigenvalue weighted by molar-refractivity contribution is 5.80. The molecule has 1 saturated heterocycles. The minimum absolute atomic E-state index is 0.258. The lowest BCUT2D eigenvalue weighted by molar-refractivity contribution is -0.137. The van der Waals surface area contributed by atoms with Crippen LogP contribution in [-0.4, -0.2) is 53.8 Å². The van der Waals surface area contributed by atoms with Crippen LogP contribution in [0.1, 0.15) is 33.1 Å². The van der Waals surface area contributed by atoms with Crippen molar-refractivity contribution in [1.29, 1.82) is 0 Å². The van der Waals surface area contributed by atoms with Gasteiger partial charge in [0.05, 0.1) is 0 Å². The highest BCUT2D eigenvalue weighted by Gasteiger charge is 2.30. The summed E-state index contributed by atoms with van der Waals surface area (Å²) in [4.78, 5) is 24.1. The van der Waals surface area contributed by atoms with Crippen LogP contribution in [0.25, 0.3) is 0 Å². The van der Waals surface area contributed by atoms with E-state index >= 15 is 0 Å². The van der Waals surface area contributed by atoms with Gasteiger partial charge in [0, 0.05) is 25.3 Å². The van der Waals surface area contributed by atoms with Gasteiger partial charge in [-0.05, 0) is 26.2 Å². The number of urea groups is 1. The first-order valence-corrected chi connectivity index (χ1v) is 6.33. The van der Waals surface area contributed by atoms with Crippen LogP contribution in [-0.2, 0) is 9.53 Å². The summed E-state index contributed by atoms with van der Waals surface area (Å²) in [6.45, 7) is 5.33. The number of carboxylic acids is 1. The Kier molecular flexibility index (Phi) is 5.40. The summed E-state index contributed by atoms with van der Waals surface area (Å²) in [5.74, 6) is -0.990. The molecule has 2 amide bonds. The number of hydrogen-bond acceptors (Lipinski definition) is 3. The summed E-state index contributed by atoms with van der Waals surface area (Å²) in [6, 6.07) is -0.302. The smallest absolute Gasteiger partial charge is 0.323 e. The molecule has 1 aliphatic rings. The van der Waals surface area contributed by atoms with E-state index in [0.717, 1.165) is 19.3 Å². The van der Waals surface area contributed by atoms with Crippen LogP contribution in [0, 0.1) is 0 Å². The number of carboxylic acid groups (broad SMARTS) is 1. The van der Waals surface area contributed by atoms with Crippen molar-refractivity contribution >= 4 is 12.0 Å². The molecule has 1 rings (SSSR count). The van der Waals surface area contributed by atoms with Gasteiger partial charge in [0.25, 0.3) is 0 Å². The van der Waals surface area contributed by atoms with Crippen LogP contribution in [0.5, 0.6) is 0 Å². The third kappa shape index (κ3) is 4.52. The van der Waals surface area contributed by atoms with Crippen molar-refractivity contribution in [2.24, 2.45) is 0 Å². The molecule has 1 heterocycles. The molecular formula is C12H22N2O4. The first kappa shape index (κ1) is 14.8. The maximum Gasteiger partial charge on any atom is 0.323 e. The molecule has 0 aromatic carbocycles. The van der Waals surface area contributed by atoms with Crippen LogP contribution in [0.2, 0.25) is 0 Å². The van der Waals surface area contributed by atoms with E-state index in [1.54, 1.807) is 0 Å². The molecule has 2 N–H and O–H groups in total. The van der Waals surface area contributed by atoms with Crippen LogP contribution < -0.4 is 5.32 Å². The monoisotopic (exact) mass is 258 g/mol. The number of nitrogens with zero attached hydrogens (tertiary/aromatic N) is 1. The number of hydrogen-bond donors (Lipinski definition) is 2. The van der Waals surface area contributed by atoms with Crippen molar-refractivity contribution in [3.63, 3.8) is 0 Å². The van der Waals surface area contributed by atoms with Crippen molar-refractivity contribution in [2.75, 3.05) is 26.3 Å². The van der Waals surface area contributed by atoms with E-state index in [1.807, 2.05) is 13.8 Å². The second-order valence-electron chi connectivity index (χ2n) is 4.92. The standard InChI is InChI=1S/C12H22N2O4/c1-3-6-14(9-10(15)16)11(17)13-12(2)4-7-18-8-5-12/h3-9H2,1-2H3,(H,13,17)(H,15,16). The topological polar surface area (TPSA) is 78.9 Å². The Bertz CT molecular complexity index is 300. The van der Waals surface area contributed by atoms with Gasteiger partial charge >= 0.3 is 12.0 Å². The molecule has 18 heavy (non-hydrogen) atoms. The third-order valence-corrected chi connectivity index (χ3v) is 3.11. The van der Waals surface area contributed by atoms with Gasteiger partial charge in [-0.2, -0.15) is 0 Å². The van der Waals surface area contributed by atoms with E-state index in [0.29, 0.717) is 19.8 Å². The normalized spacial score (nSPS) is 18.1. The predicted molar refractivity (Wildman–Crippen MR) is 66.5 cm³/mol. The van der Waals surface area contributed by atoms with E-state index in [2.05, 4.69) is 5.32 Å². The molecule has 1 aliphatic heterocycles. The van der Waals surface area contributed by atoms with Gasteiger partial charge in [-0.1, -0.05) is 6.92 Å².